The van der Waals surface area contributed by atoms with Gasteiger partial charge in [-0.2, -0.15) is 0 Å². The number of amides is 2. The van der Waals surface area contributed by atoms with Gasteiger partial charge in [0.1, 0.15) is 0 Å². The molecule has 1 heterocycles. The van der Waals surface area contributed by atoms with E-state index in [0.29, 0.717) is 0 Å². The van der Waals surface area contributed by atoms with Crippen LogP contribution in [0.15, 0.2) is 72.8 Å². The van der Waals surface area contributed by atoms with Crippen LogP contribution in [0.25, 0.3) is 11.1 Å². The molecule has 0 atom stereocenters. The zero-order valence-corrected chi connectivity index (χ0v) is 17.3. The summed E-state index contributed by atoms with van der Waals surface area (Å²) in [5.74, 6) is 0.740. The van der Waals surface area contributed by atoms with Gasteiger partial charge >= 0.3 is 6.03 Å². The zero-order valence-electron chi connectivity index (χ0n) is 17.3. The average Bonchev–Trinajstić information content (AvgIpc) is 3.24. The van der Waals surface area contributed by atoms with Gasteiger partial charge in [-0.25, -0.2) is 4.79 Å². The number of rotatable bonds is 3. The van der Waals surface area contributed by atoms with Crippen molar-refractivity contribution < 1.29 is 4.79 Å². The molecule has 0 saturated heterocycles. The summed E-state index contributed by atoms with van der Waals surface area (Å²) >= 11 is 0. The van der Waals surface area contributed by atoms with E-state index in [4.69, 9.17) is 0 Å². The van der Waals surface area contributed by atoms with E-state index in [0.717, 1.165) is 30.3 Å². The quantitative estimate of drug-likeness (QED) is 0.508. The molecule has 3 nitrogen and oxygen atoms in total. The summed E-state index contributed by atoms with van der Waals surface area (Å²) in [7, 11) is 0. The van der Waals surface area contributed by atoms with Crippen molar-refractivity contribution in [3.8, 4) is 11.1 Å². The summed E-state index contributed by atoms with van der Waals surface area (Å²) in [5.41, 5.74) is 7.06. The maximum Gasteiger partial charge on any atom is 0.326 e. The van der Waals surface area contributed by atoms with Gasteiger partial charge in [0.2, 0.25) is 0 Å². The highest BCUT2D eigenvalue weighted by atomic mass is 16.2. The third kappa shape index (κ3) is 3.85. The standard InChI is InChI=1S/C27H28N2O/c30-27(28-25-9-5-2-6-10-25)29-18-17-24-19-23(15-16-26(24)29)22-13-11-21(12-14-22)20-7-3-1-4-8-20/h2,5-6,9-16,19-20H,1,3-4,7-8,17-18H2,(H,28,30). The second-order valence-electron chi connectivity index (χ2n) is 8.50. The van der Waals surface area contributed by atoms with Gasteiger partial charge in [0, 0.05) is 17.9 Å². The van der Waals surface area contributed by atoms with Gasteiger partial charge in [-0.3, -0.25) is 4.90 Å². The molecule has 0 unspecified atom stereocenters. The first kappa shape index (κ1) is 18.9. The van der Waals surface area contributed by atoms with Crippen molar-refractivity contribution in [3.63, 3.8) is 0 Å². The molecule has 2 amide bonds. The highest BCUT2D eigenvalue weighted by Crippen LogP contribution is 2.35. The average molecular weight is 397 g/mol. The van der Waals surface area contributed by atoms with E-state index < -0.39 is 0 Å². The van der Waals surface area contributed by atoms with Crippen LogP contribution in [0.4, 0.5) is 16.2 Å². The fraction of sp³-hybridized carbons (Fsp3) is 0.296. The lowest BCUT2D eigenvalue weighted by atomic mass is 9.83. The van der Waals surface area contributed by atoms with Crippen LogP contribution in [0.1, 0.15) is 49.1 Å². The lowest BCUT2D eigenvalue weighted by molar-refractivity contribution is 0.257. The SMILES string of the molecule is O=C(Nc1ccccc1)N1CCc2cc(-c3ccc(C4CCCCC4)cc3)ccc21. The van der Waals surface area contributed by atoms with Crippen LogP contribution in [0.3, 0.4) is 0 Å². The van der Waals surface area contributed by atoms with Crippen LogP contribution in [-0.4, -0.2) is 12.6 Å². The monoisotopic (exact) mass is 396 g/mol. The predicted octanol–water partition coefficient (Wildman–Crippen LogP) is 7.00. The number of hydrogen-bond acceptors (Lipinski definition) is 1. The Labute approximate surface area is 178 Å². The maximum atomic E-state index is 12.7. The lowest BCUT2D eigenvalue weighted by Crippen LogP contribution is -2.33. The molecule has 5 rings (SSSR count). The summed E-state index contributed by atoms with van der Waals surface area (Å²) in [6.07, 6.45) is 7.69. The first-order valence-corrected chi connectivity index (χ1v) is 11.1. The minimum atomic E-state index is -0.0652. The van der Waals surface area contributed by atoms with Gasteiger partial charge < -0.3 is 5.32 Å². The van der Waals surface area contributed by atoms with Crippen molar-refractivity contribution in [2.24, 2.45) is 0 Å². The molecule has 0 spiro atoms. The number of benzene rings is 3. The number of para-hydroxylation sites is 1. The Morgan fingerprint density at radius 1 is 0.833 bits per heavy atom. The van der Waals surface area contributed by atoms with Crippen LogP contribution < -0.4 is 10.2 Å². The summed E-state index contributed by atoms with van der Waals surface area (Å²) in [4.78, 5) is 14.6. The van der Waals surface area contributed by atoms with Crippen molar-refractivity contribution in [2.45, 2.75) is 44.4 Å². The second kappa shape index (κ2) is 8.35. The molecule has 1 aliphatic heterocycles. The molecule has 1 N–H and O–H groups in total. The summed E-state index contributed by atoms with van der Waals surface area (Å²) < 4.78 is 0. The molecule has 3 aromatic carbocycles. The van der Waals surface area contributed by atoms with Gasteiger partial charge in [-0.05, 0) is 71.7 Å². The summed E-state index contributed by atoms with van der Waals surface area (Å²) in [5, 5.41) is 3.00. The molecule has 30 heavy (non-hydrogen) atoms. The Kier molecular flexibility index (Phi) is 5.27. The topological polar surface area (TPSA) is 32.3 Å². The van der Waals surface area contributed by atoms with Crippen LogP contribution in [0.2, 0.25) is 0 Å². The van der Waals surface area contributed by atoms with Gasteiger partial charge in [0.05, 0.1) is 0 Å². The van der Waals surface area contributed by atoms with Crippen LogP contribution >= 0.6 is 0 Å². The molecular weight excluding hydrogens is 368 g/mol. The molecule has 152 valence electrons. The Morgan fingerprint density at radius 3 is 2.33 bits per heavy atom. The number of carbonyl (C=O) groups excluding carboxylic acids is 1. The predicted molar refractivity (Wildman–Crippen MR) is 124 cm³/mol. The largest absolute Gasteiger partial charge is 0.326 e. The number of anilines is 2. The minimum absolute atomic E-state index is 0.0652. The number of nitrogens with one attached hydrogen (secondary N) is 1. The number of hydrogen-bond donors (Lipinski definition) is 1. The van der Waals surface area contributed by atoms with Gasteiger partial charge in [-0.1, -0.05) is 67.8 Å². The fourth-order valence-corrected chi connectivity index (χ4v) is 4.89. The molecule has 0 aromatic heterocycles. The molecule has 0 bridgehead atoms. The molecule has 1 saturated carbocycles. The van der Waals surface area contributed by atoms with E-state index in [2.05, 4.69) is 47.8 Å². The highest BCUT2D eigenvalue weighted by Gasteiger charge is 2.25. The summed E-state index contributed by atoms with van der Waals surface area (Å²) in [6.45, 7) is 0.720. The maximum absolute atomic E-state index is 12.7. The Balaban J connectivity index is 1.32. The number of nitrogens with zero attached hydrogens (tertiary/aromatic N) is 1. The molecule has 2 aliphatic rings. The normalized spacial score (nSPS) is 16.3. The second-order valence-corrected chi connectivity index (χ2v) is 8.50. The van der Waals surface area contributed by atoms with Crippen molar-refractivity contribution in [1.29, 1.82) is 0 Å². The Hall–Kier alpha value is -3.07. The van der Waals surface area contributed by atoms with Crippen LogP contribution in [-0.2, 0) is 6.42 Å². The molecule has 0 radical (unpaired) electrons. The highest BCUT2D eigenvalue weighted by molar-refractivity contribution is 6.03. The first-order chi connectivity index (χ1) is 14.8. The third-order valence-corrected chi connectivity index (χ3v) is 6.57. The van der Waals surface area contributed by atoms with Gasteiger partial charge in [0.25, 0.3) is 0 Å². The number of carbonyl (C=O) groups is 1. The van der Waals surface area contributed by atoms with Crippen molar-refractivity contribution in [1.82, 2.24) is 0 Å². The van der Waals surface area contributed by atoms with E-state index in [1.165, 1.54) is 54.4 Å². The fourth-order valence-electron chi connectivity index (χ4n) is 4.89. The molecular formula is C27H28N2O. The Morgan fingerprint density at radius 2 is 1.57 bits per heavy atom. The van der Waals surface area contributed by atoms with Gasteiger partial charge in [-0.15, -0.1) is 0 Å². The molecule has 3 heteroatoms. The van der Waals surface area contributed by atoms with Crippen LogP contribution in [0.5, 0.6) is 0 Å². The molecule has 1 fully saturated rings. The third-order valence-electron chi connectivity index (χ3n) is 6.57. The molecule has 1 aliphatic carbocycles. The van der Waals surface area contributed by atoms with Crippen molar-refractivity contribution in [2.75, 3.05) is 16.8 Å². The van der Waals surface area contributed by atoms with E-state index >= 15 is 0 Å². The van der Waals surface area contributed by atoms with E-state index in [9.17, 15) is 4.79 Å². The smallest absolute Gasteiger partial charge is 0.308 e. The number of urea groups is 1. The molecule has 3 aromatic rings. The zero-order chi connectivity index (χ0) is 20.3. The Bertz CT molecular complexity index is 1020. The van der Waals surface area contributed by atoms with Crippen molar-refractivity contribution >= 4 is 17.4 Å². The van der Waals surface area contributed by atoms with Crippen molar-refractivity contribution in [3.05, 3.63) is 83.9 Å². The van der Waals surface area contributed by atoms with E-state index in [-0.39, 0.29) is 6.03 Å². The first-order valence-electron chi connectivity index (χ1n) is 11.1. The number of fused-ring (bicyclic) bond motifs is 1. The minimum Gasteiger partial charge on any atom is -0.308 e. The van der Waals surface area contributed by atoms with E-state index in [1.807, 2.05) is 35.2 Å². The van der Waals surface area contributed by atoms with E-state index in [1.54, 1.807) is 0 Å². The van der Waals surface area contributed by atoms with Gasteiger partial charge in [0.15, 0.2) is 0 Å². The summed E-state index contributed by atoms with van der Waals surface area (Å²) in [6, 6.07) is 25.2. The van der Waals surface area contributed by atoms with Crippen LogP contribution in [0, 0.1) is 0 Å². The lowest BCUT2D eigenvalue weighted by Gasteiger charge is -2.22.